The van der Waals surface area contributed by atoms with Crippen LogP contribution in [0.2, 0.25) is 0 Å². The molecule has 0 aliphatic carbocycles. The minimum absolute atomic E-state index is 0.0595. The van der Waals surface area contributed by atoms with Crippen LogP contribution in [-0.4, -0.2) is 47.2 Å². The van der Waals surface area contributed by atoms with E-state index in [4.69, 9.17) is 0 Å². The van der Waals surface area contributed by atoms with Gasteiger partial charge < -0.3 is 4.90 Å². The van der Waals surface area contributed by atoms with Crippen molar-refractivity contribution in [1.29, 1.82) is 0 Å². The van der Waals surface area contributed by atoms with Gasteiger partial charge in [-0.25, -0.2) is 12.8 Å². The van der Waals surface area contributed by atoms with E-state index in [2.05, 4.69) is 4.99 Å². The van der Waals surface area contributed by atoms with Crippen LogP contribution in [0.4, 0.5) is 4.39 Å². The van der Waals surface area contributed by atoms with Crippen molar-refractivity contribution in [3.8, 4) is 0 Å². The van der Waals surface area contributed by atoms with Crippen molar-refractivity contribution in [3.63, 3.8) is 0 Å². The summed E-state index contributed by atoms with van der Waals surface area (Å²) in [6.45, 7) is 0.398. The van der Waals surface area contributed by atoms with Crippen molar-refractivity contribution < 1.29 is 17.6 Å². The Bertz CT molecular complexity index is 972. The quantitative estimate of drug-likeness (QED) is 0.755. The molecule has 1 amide bonds. The van der Waals surface area contributed by atoms with E-state index in [0.29, 0.717) is 11.7 Å². The van der Waals surface area contributed by atoms with Crippen molar-refractivity contribution in [3.05, 3.63) is 58.0 Å². The lowest BCUT2D eigenvalue weighted by atomic mass is 10.1. The number of hydrogen-bond acceptors (Lipinski definition) is 5. The first kappa shape index (κ1) is 18.6. The van der Waals surface area contributed by atoms with E-state index >= 15 is 0 Å². The molecule has 9 heteroatoms. The Morgan fingerprint density at radius 1 is 1.22 bits per heavy atom. The van der Waals surface area contributed by atoms with Crippen molar-refractivity contribution in [2.45, 2.75) is 24.3 Å². The third kappa shape index (κ3) is 4.25. The van der Waals surface area contributed by atoms with E-state index in [1.54, 1.807) is 12.1 Å². The molecule has 2 aliphatic rings. The molecule has 2 saturated heterocycles. The zero-order valence-electron chi connectivity index (χ0n) is 14.2. The summed E-state index contributed by atoms with van der Waals surface area (Å²) in [5.41, 5.74) is 0.848. The predicted octanol–water partition coefficient (Wildman–Crippen LogP) is 2.73. The predicted molar refractivity (Wildman–Crippen MR) is 106 cm³/mol. The summed E-state index contributed by atoms with van der Waals surface area (Å²) in [5.74, 6) is -0.410. The molecule has 5 nitrogen and oxygen atoms in total. The SMILES string of the molecule is O=C(Cc1cccs1)N=C1S[C@H]2CS(=O)(=O)C[C@@H]2N1Cc1ccc(F)cc1. The van der Waals surface area contributed by atoms with Crippen LogP contribution in [0.3, 0.4) is 0 Å². The first-order chi connectivity index (χ1) is 12.9. The number of amidine groups is 1. The molecule has 1 aromatic heterocycles. The number of carbonyl (C=O) groups excluding carboxylic acids is 1. The maximum Gasteiger partial charge on any atom is 0.253 e. The number of sulfone groups is 1. The molecule has 0 radical (unpaired) electrons. The van der Waals surface area contributed by atoms with Gasteiger partial charge in [0.25, 0.3) is 5.91 Å². The molecule has 0 spiro atoms. The standard InChI is InChI=1S/C18H17FN2O3S3/c19-13-5-3-12(4-6-13)9-21-15-10-27(23,24)11-16(15)26-18(21)20-17(22)8-14-2-1-7-25-14/h1-7,15-16H,8-11H2/t15-,16-/m0/s1. The van der Waals surface area contributed by atoms with Gasteiger partial charge in [-0.2, -0.15) is 4.99 Å². The third-order valence-corrected chi connectivity index (χ3v) is 8.69. The van der Waals surface area contributed by atoms with Gasteiger partial charge in [0.15, 0.2) is 15.0 Å². The topological polar surface area (TPSA) is 66.8 Å². The molecule has 2 aromatic rings. The minimum Gasteiger partial charge on any atom is -0.342 e. The molecule has 1 aromatic carbocycles. The normalized spacial score (nSPS) is 25.1. The number of carbonyl (C=O) groups is 1. The second-order valence-corrected chi connectivity index (χ2v) is 11.0. The number of nitrogens with zero attached hydrogens (tertiary/aromatic N) is 2. The lowest BCUT2D eigenvalue weighted by Crippen LogP contribution is -2.37. The van der Waals surface area contributed by atoms with E-state index in [0.717, 1.165) is 10.4 Å². The van der Waals surface area contributed by atoms with E-state index < -0.39 is 9.84 Å². The Balaban J connectivity index is 1.58. The largest absolute Gasteiger partial charge is 0.342 e. The van der Waals surface area contributed by atoms with Gasteiger partial charge in [0.2, 0.25) is 0 Å². The molecule has 2 aliphatic heterocycles. The molecule has 0 N–H and O–H groups in total. The molecule has 3 heterocycles. The summed E-state index contributed by atoms with van der Waals surface area (Å²) in [4.78, 5) is 19.5. The monoisotopic (exact) mass is 424 g/mol. The van der Waals surface area contributed by atoms with E-state index in [-0.39, 0.29) is 40.9 Å². The van der Waals surface area contributed by atoms with Gasteiger partial charge in [-0.05, 0) is 29.1 Å². The second kappa shape index (κ2) is 7.37. The van der Waals surface area contributed by atoms with Crippen LogP contribution in [0.1, 0.15) is 10.4 Å². The lowest BCUT2D eigenvalue weighted by molar-refractivity contribution is -0.117. The summed E-state index contributed by atoms with van der Waals surface area (Å²) in [6.07, 6.45) is 0.236. The summed E-state index contributed by atoms with van der Waals surface area (Å²) in [5, 5.41) is 2.35. The average Bonchev–Trinajstić information content (AvgIpc) is 3.27. The first-order valence-corrected chi connectivity index (χ1v) is 12.0. The van der Waals surface area contributed by atoms with Gasteiger partial charge >= 0.3 is 0 Å². The van der Waals surface area contributed by atoms with E-state index in [9.17, 15) is 17.6 Å². The van der Waals surface area contributed by atoms with Gasteiger partial charge in [0.05, 0.1) is 24.0 Å². The summed E-state index contributed by atoms with van der Waals surface area (Å²) in [6, 6.07) is 9.66. The maximum absolute atomic E-state index is 13.2. The number of fused-ring (bicyclic) bond motifs is 1. The highest BCUT2D eigenvalue weighted by atomic mass is 32.2. The van der Waals surface area contributed by atoms with Gasteiger partial charge in [-0.1, -0.05) is 30.0 Å². The highest BCUT2D eigenvalue weighted by Gasteiger charge is 2.48. The molecule has 142 valence electrons. The van der Waals surface area contributed by atoms with Crippen LogP contribution in [0.25, 0.3) is 0 Å². The number of thiophene rings is 1. The Labute approximate surface area is 165 Å². The van der Waals surface area contributed by atoms with Crippen LogP contribution >= 0.6 is 23.1 Å². The highest BCUT2D eigenvalue weighted by molar-refractivity contribution is 8.15. The lowest BCUT2D eigenvalue weighted by Gasteiger charge is -2.24. The molecule has 4 rings (SSSR count). The molecular weight excluding hydrogens is 407 g/mol. The zero-order valence-corrected chi connectivity index (χ0v) is 16.7. The average molecular weight is 425 g/mol. The van der Waals surface area contributed by atoms with Gasteiger partial charge in [-0.3, -0.25) is 4.79 Å². The van der Waals surface area contributed by atoms with Crippen LogP contribution in [0.15, 0.2) is 46.8 Å². The molecule has 2 atom stereocenters. The first-order valence-electron chi connectivity index (χ1n) is 8.42. The van der Waals surface area contributed by atoms with Crippen LogP contribution in [0.5, 0.6) is 0 Å². The molecule has 0 bridgehead atoms. The Kier molecular flexibility index (Phi) is 5.09. The number of rotatable bonds is 4. The summed E-state index contributed by atoms with van der Waals surface area (Å²) >= 11 is 2.87. The number of amides is 1. The second-order valence-electron chi connectivity index (χ2n) is 6.60. The molecule has 0 unspecified atom stereocenters. The molecular formula is C18H17FN2O3S3. The zero-order chi connectivity index (χ0) is 19.0. The fourth-order valence-electron chi connectivity index (χ4n) is 3.32. The van der Waals surface area contributed by atoms with Gasteiger partial charge in [0, 0.05) is 16.7 Å². The number of benzene rings is 1. The van der Waals surface area contributed by atoms with E-state index in [1.165, 1.54) is 35.2 Å². The molecule has 2 fully saturated rings. The van der Waals surface area contributed by atoms with E-state index in [1.807, 2.05) is 22.4 Å². The molecule has 0 saturated carbocycles. The van der Waals surface area contributed by atoms with Crippen LogP contribution in [-0.2, 0) is 27.6 Å². The highest BCUT2D eigenvalue weighted by Crippen LogP contribution is 2.39. The number of halogens is 1. The number of aliphatic imine (C=N–C) groups is 1. The fourth-order valence-corrected chi connectivity index (χ4v) is 7.98. The Hall–Kier alpha value is -1.71. The molecule has 27 heavy (non-hydrogen) atoms. The fraction of sp³-hybridized carbons (Fsp3) is 0.333. The van der Waals surface area contributed by atoms with Crippen molar-refractivity contribution in [2.75, 3.05) is 11.5 Å². The smallest absolute Gasteiger partial charge is 0.253 e. The Morgan fingerprint density at radius 2 is 2.00 bits per heavy atom. The Morgan fingerprint density at radius 3 is 2.70 bits per heavy atom. The number of thioether (sulfide) groups is 1. The maximum atomic E-state index is 13.2. The van der Waals surface area contributed by atoms with Crippen molar-refractivity contribution in [2.24, 2.45) is 4.99 Å². The van der Waals surface area contributed by atoms with Crippen LogP contribution in [0, 0.1) is 5.82 Å². The van der Waals surface area contributed by atoms with Crippen molar-refractivity contribution >= 4 is 44.0 Å². The van der Waals surface area contributed by atoms with Crippen LogP contribution < -0.4 is 0 Å². The minimum atomic E-state index is -3.09. The summed E-state index contributed by atoms with van der Waals surface area (Å²) in [7, 11) is -3.09. The van der Waals surface area contributed by atoms with Gasteiger partial charge in [-0.15, -0.1) is 11.3 Å². The number of hydrogen-bond donors (Lipinski definition) is 0. The van der Waals surface area contributed by atoms with Crippen molar-refractivity contribution in [1.82, 2.24) is 4.90 Å². The summed E-state index contributed by atoms with van der Waals surface area (Å²) < 4.78 is 37.2. The van der Waals surface area contributed by atoms with Gasteiger partial charge in [0.1, 0.15) is 5.82 Å². The third-order valence-electron chi connectivity index (χ3n) is 4.57.